The molecule has 0 radical (unpaired) electrons. The first-order valence-electron chi connectivity index (χ1n) is 12.0. The van der Waals surface area contributed by atoms with Crippen LogP contribution in [0.4, 0.5) is 5.69 Å². The molecule has 2 aromatic carbocycles. The lowest BCUT2D eigenvalue weighted by Crippen LogP contribution is -2.33. The highest BCUT2D eigenvalue weighted by molar-refractivity contribution is 6.35. The Kier molecular flexibility index (Phi) is 5.87. The number of carbonyl (C=O) groups is 1. The second-order valence-electron chi connectivity index (χ2n) is 8.69. The number of fused-ring (bicyclic) bond motifs is 5. The van der Waals surface area contributed by atoms with Gasteiger partial charge in [0.1, 0.15) is 5.78 Å². The van der Waals surface area contributed by atoms with Gasteiger partial charge in [0.25, 0.3) is 5.56 Å². The lowest BCUT2D eigenvalue weighted by molar-refractivity contribution is -0.119. The van der Waals surface area contributed by atoms with Crippen LogP contribution in [-0.2, 0) is 4.79 Å². The quantitative estimate of drug-likeness (QED) is 0.378. The summed E-state index contributed by atoms with van der Waals surface area (Å²) in [4.78, 5) is 31.4. The Morgan fingerprint density at radius 1 is 0.939 bits per heavy atom. The van der Waals surface area contributed by atoms with Gasteiger partial charge in [-0.05, 0) is 43.2 Å². The summed E-state index contributed by atoms with van der Waals surface area (Å²) < 4.78 is 4.35. The van der Waals surface area contributed by atoms with Gasteiger partial charge in [-0.1, -0.05) is 44.4 Å². The fourth-order valence-electron chi connectivity index (χ4n) is 5.35. The Balaban J connectivity index is 0.00000111. The average molecular weight is 465 g/mol. The molecule has 6 rings (SSSR count). The van der Waals surface area contributed by atoms with Gasteiger partial charge in [-0.15, -0.1) is 0 Å². The van der Waals surface area contributed by atoms with E-state index in [1.165, 1.54) is 12.8 Å². The molecular formula is C26H29ClN4O2. The summed E-state index contributed by atoms with van der Waals surface area (Å²) in [6, 6.07) is 12.3. The Hall–Kier alpha value is -2.86. The monoisotopic (exact) mass is 464 g/mol. The lowest BCUT2D eigenvalue weighted by atomic mass is 10.1. The van der Waals surface area contributed by atoms with Crippen molar-refractivity contribution in [3.63, 3.8) is 0 Å². The molecule has 4 aromatic rings. The van der Waals surface area contributed by atoms with Gasteiger partial charge >= 0.3 is 0 Å². The first kappa shape index (κ1) is 22.0. The number of benzene rings is 2. The maximum atomic E-state index is 12.9. The molecule has 0 atom stereocenters. The van der Waals surface area contributed by atoms with Gasteiger partial charge in [-0.3, -0.25) is 14.0 Å². The lowest BCUT2D eigenvalue weighted by Gasteiger charge is -2.28. The van der Waals surface area contributed by atoms with E-state index in [1.54, 1.807) is 6.07 Å². The van der Waals surface area contributed by atoms with E-state index in [2.05, 4.69) is 37.1 Å². The molecule has 1 aliphatic heterocycles. The van der Waals surface area contributed by atoms with Crippen molar-refractivity contribution in [2.24, 2.45) is 0 Å². The second-order valence-corrected chi connectivity index (χ2v) is 9.10. The normalized spacial score (nSPS) is 17.2. The molecule has 2 aromatic heterocycles. The van der Waals surface area contributed by atoms with Crippen molar-refractivity contribution in [1.82, 2.24) is 14.0 Å². The minimum absolute atomic E-state index is 0.280. The van der Waals surface area contributed by atoms with E-state index in [0.29, 0.717) is 40.9 Å². The number of aromatic nitrogens is 3. The maximum absolute atomic E-state index is 12.9. The van der Waals surface area contributed by atoms with Crippen molar-refractivity contribution < 1.29 is 4.79 Å². The molecule has 0 amide bonds. The van der Waals surface area contributed by atoms with Gasteiger partial charge in [0.2, 0.25) is 5.78 Å². The molecule has 1 saturated heterocycles. The topological polar surface area (TPSA) is 59.6 Å². The van der Waals surface area contributed by atoms with E-state index in [1.807, 2.05) is 26.0 Å². The average Bonchev–Trinajstić information content (AvgIpc) is 3.46. The van der Waals surface area contributed by atoms with Crippen LogP contribution in [0.3, 0.4) is 0 Å². The molecule has 3 heterocycles. The molecule has 2 aliphatic rings. The third kappa shape index (κ3) is 3.61. The van der Waals surface area contributed by atoms with Crippen molar-refractivity contribution in [3.05, 3.63) is 51.8 Å². The molecule has 1 saturated carbocycles. The van der Waals surface area contributed by atoms with Gasteiger partial charge in [0.15, 0.2) is 0 Å². The largest absolute Gasteiger partial charge is 0.371 e. The zero-order valence-corrected chi connectivity index (χ0v) is 19.9. The predicted molar refractivity (Wildman–Crippen MR) is 135 cm³/mol. The number of piperidine rings is 1. The molecular weight excluding hydrogens is 436 g/mol. The Morgan fingerprint density at radius 3 is 2.39 bits per heavy atom. The summed E-state index contributed by atoms with van der Waals surface area (Å²) in [5, 5.41) is 0.895. The number of anilines is 1. The number of hydrogen-bond acceptors (Lipinski definition) is 4. The van der Waals surface area contributed by atoms with E-state index < -0.39 is 0 Å². The second kappa shape index (κ2) is 8.82. The standard InChI is InChI=1S/C24H23ClN4O2.C2H6/c25-18-6-3-7-20-22(18)23(31)26-24-28(15-4-1-2-5-15)21-14-16(8-9-19(21)29(20)24)27-12-10-17(30)11-13-27;1-2/h3,6-9,14-15H,1-2,4-5,10-13H2;1-2H3. The zero-order valence-electron chi connectivity index (χ0n) is 19.2. The fraction of sp³-hybridized carbons (Fsp3) is 0.423. The summed E-state index contributed by atoms with van der Waals surface area (Å²) in [6.07, 6.45) is 5.75. The Labute approximate surface area is 197 Å². The smallest absolute Gasteiger partial charge is 0.283 e. The number of imidazole rings is 1. The fourth-order valence-corrected chi connectivity index (χ4v) is 5.60. The zero-order chi connectivity index (χ0) is 23.1. The van der Waals surface area contributed by atoms with Gasteiger partial charge in [0, 0.05) is 37.7 Å². The van der Waals surface area contributed by atoms with E-state index in [0.717, 1.165) is 48.2 Å². The van der Waals surface area contributed by atoms with Crippen molar-refractivity contribution in [2.75, 3.05) is 18.0 Å². The van der Waals surface area contributed by atoms with Crippen LogP contribution in [0.5, 0.6) is 0 Å². The van der Waals surface area contributed by atoms with Crippen LogP contribution >= 0.6 is 11.6 Å². The highest BCUT2D eigenvalue weighted by Crippen LogP contribution is 2.37. The van der Waals surface area contributed by atoms with Crippen LogP contribution in [-0.4, -0.2) is 32.8 Å². The summed E-state index contributed by atoms with van der Waals surface area (Å²) in [7, 11) is 0. The third-order valence-electron chi connectivity index (χ3n) is 6.90. The van der Waals surface area contributed by atoms with Crippen LogP contribution in [0, 0.1) is 0 Å². The molecule has 0 bridgehead atoms. The van der Waals surface area contributed by atoms with Crippen molar-refractivity contribution >= 4 is 50.8 Å². The van der Waals surface area contributed by atoms with E-state index in [9.17, 15) is 9.59 Å². The highest BCUT2D eigenvalue weighted by Gasteiger charge is 2.25. The first-order valence-corrected chi connectivity index (χ1v) is 12.4. The van der Waals surface area contributed by atoms with Gasteiger partial charge in [-0.25, -0.2) is 0 Å². The first-order chi connectivity index (χ1) is 16.1. The molecule has 6 nitrogen and oxygen atoms in total. The van der Waals surface area contributed by atoms with Crippen LogP contribution in [0.2, 0.25) is 5.02 Å². The van der Waals surface area contributed by atoms with Crippen molar-refractivity contribution in [2.45, 2.75) is 58.4 Å². The van der Waals surface area contributed by atoms with Gasteiger partial charge in [0.05, 0.1) is 27.0 Å². The van der Waals surface area contributed by atoms with Crippen LogP contribution in [0.15, 0.2) is 41.2 Å². The van der Waals surface area contributed by atoms with Crippen LogP contribution in [0.1, 0.15) is 58.4 Å². The molecule has 0 spiro atoms. The summed E-state index contributed by atoms with van der Waals surface area (Å²) >= 11 is 6.39. The molecule has 0 unspecified atom stereocenters. The number of nitrogens with zero attached hydrogens (tertiary/aromatic N) is 4. The number of hydrogen-bond donors (Lipinski definition) is 0. The molecule has 172 valence electrons. The number of rotatable bonds is 2. The number of ketones is 1. The van der Waals surface area contributed by atoms with Crippen LogP contribution in [0.25, 0.3) is 27.7 Å². The van der Waals surface area contributed by atoms with E-state index >= 15 is 0 Å². The Bertz CT molecular complexity index is 1410. The number of halogens is 1. The Morgan fingerprint density at radius 2 is 1.67 bits per heavy atom. The van der Waals surface area contributed by atoms with Gasteiger partial charge in [-0.2, -0.15) is 4.98 Å². The third-order valence-corrected chi connectivity index (χ3v) is 7.21. The maximum Gasteiger partial charge on any atom is 0.283 e. The number of carbonyl (C=O) groups excluding carboxylic acids is 1. The van der Waals surface area contributed by atoms with Crippen molar-refractivity contribution in [3.8, 4) is 0 Å². The molecule has 33 heavy (non-hydrogen) atoms. The summed E-state index contributed by atoms with van der Waals surface area (Å²) in [6.45, 7) is 5.51. The van der Waals surface area contributed by atoms with Gasteiger partial charge < -0.3 is 9.47 Å². The molecule has 2 fully saturated rings. The predicted octanol–water partition coefficient (Wildman–Crippen LogP) is 5.77. The molecule has 7 heteroatoms. The SMILES string of the molecule is CC.O=C1CCN(c2ccc3c(c2)n(C2CCCC2)c2nc(=O)c4c(Cl)cccc4n32)CC1. The summed E-state index contributed by atoms with van der Waals surface area (Å²) in [5.41, 5.74) is 3.74. The minimum Gasteiger partial charge on any atom is -0.371 e. The molecule has 0 N–H and O–H groups in total. The summed E-state index contributed by atoms with van der Waals surface area (Å²) in [5.74, 6) is 1.02. The van der Waals surface area contributed by atoms with Crippen molar-refractivity contribution in [1.29, 1.82) is 0 Å². The van der Waals surface area contributed by atoms with E-state index in [4.69, 9.17) is 11.6 Å². The molecule has 1 aliphatic carbocycles. The van der Waals surface area contributed by atoms with Crippen LogP contribution < -0.4 is 10.5 Å². The number of Topliss-reactive ketones (excluding diaryl/α,β-unsaturated/α-hetero) is 1. The van der Waals surface area contributed by atoms with E-state index in [-0.39, 0.29) is 5.56 Å². The highest BCUT2D eigenvalue weighted by atomic mass is 35.5. The minimum atomic E-state index is -0.280.